The number of thioether (sulfide) groups is 1. The van der Waals surface area contributed by atoms with E-state index in [9.17, 15) is 9.59 Å². The Balaban J connectivity index is 1.76. The molecule has 0 aromatic heterocycles. The van der Waals surface area contributed by atoms with Crippen LogP contribution in [0.2, 0.25) is 18.1 Å². The summed E-state index contributed by atoms with van der Waals surface area (Å²) in [7, 11) is -2.12. The summed E-state index contributed by atoms with van der Waals surface area (Å²) < 4.78 is 17.9. The molecule has 36 heavy (non-hydrogen) atoms. The molecule has 1 amide bonds. The Kier molecular flexibility index (Phi) is 9.03. The maximum Gasteiger partial charge on any atom is 0.325 e. The average molecular weight is 546 g/mol. The van der Waals surface area contributed by atoms with Crippen molar-refractivity contribution in [3.05, 3.63) is 55.1 Å². The maximum atomic E-state index is 13.2. The van der Waals surface area contributed by atoms with Gasteiger partial charge < -0.3 is 18.8 Å². The molecule has 0 radical (unpaired) electrons. The minimum atomic E-state index is -2.12. The summed E-state index contributed by atoms with van der Waals surface area (Å²) in [4.78, 5) is 26.9. The first kappa shape index (κ1) is 28.4. The van der Waals surface area contributed by atoms with Crippen molar-refractivity contribution in [3.8, 4) is 5.75 Å². The van der Waals surface area contributed by atoms with Crippen molar-refractivity contribution in [2.45, 2.75) is 57.3 Å². The zero-order valence-corrected chi connectivity index (χ0v) is 24.4. The van der Waals surface area contributed by atoms with Gasteiger partial charge in [-0.1, -0.05) is 75.5 Å². The van der Waals surface area contributed by atoms with Gasteiger partial charge in [0.25, 0.3) is 0 Å². The Hall–Kier alpha value is -2.20. The number of likely N-dealkylation sites (tertiary alicyclic amines) is 1. The second-order valence-corrected chi connectivity index (χ2v) is 16.9. The van der Waals surface area contributed by atoms with Crippen LogP contribution in [0.25, 0.3) is 10.8 Å². The van der Waals surface area contributed by atoms with Crippen molar-refractivity contribution in [1.82, 2.24) is 4.90 Å². The molecule has 0 saturated carbocycles. The summed E-state index contributed by atoms with van der Waals surface area (Å²) >= 11 is 6.82. The van der Waals surface area contributed by atoms with Crippen molar-refractivity contribution in [1.29, 1.82) is 0 Å². The van der Waals surface area contributed by atoms with E-state index >= 15 is 0 Å². The fourth-order valence-electron chi connectivity index (χ4n) is 3.79. The van der Waals surface area contributed by atoms with E-state index in [0.717, 1.165) is 10.8 Å². The molecule has 0 spiro atoms. The van der Waals surface area contributed by atoms with E-state index in [1.54, 1.807) is 0 Å². The largest absolute Gasteiger partial charge is 0.460 e. The van der Waals surface area contributed by atoms with E-state index in [1.165, 1.54) is 22.7 Å². The number of carbonyl (C=O) groups is 2. The minimum absolute atomic E-state index is 0.000624. The number of rotatable bonds is 9. The normalized spacial score (nSPS) is 18.9. The molecule has 0 bridgehead atoms. The van der Waals surface area contributed by atoms with Crippen LogP contribution in [-0.2, 0) is 18.8 Å². The van der Waals surface area contributed by atoms with E-state index in [2.05, 4.69) is 40.4 Å². The van der Waals surface area contributed by atoms with Crippen LogP contribution in [0.5, 0.6) is 5.75 Å². The number of esters is 1. The van der Waals surface area contributed by atoms with Gasteiger partial charge in [0.05, 0.1) is 12.0 Å². The van der Waals surface area contributed by atoms with E-state index in [-0.39, 0.29) is 34.6 Å². The molecule has 1 fully saturated rings. The molecular formula is C27H35NO5S2Si. The Morgan fingerprint density at radius 1 is 1.22 bits per heavy atom. The standard InChI is InChI=1S/C27H35NO5S2Si/c1-8-15-31-22(29)17-28-24(30)23(18(2)33-36(6,7)27(3,4)5)25(28)35-26(34)32-21-14-13-19-11-9-10-12-20(19)16-21/h8-14,16,18,23,25H,1,15,17H2,2-7H3/t18?,23-,25+/m0/s1. The van der Waals surface area contributed by atoms with Crippen LogP contribution in [-0.4, -0.2) is 54.1 Å². The highest BCUT2D eigenvalue weighted by Gasteiger charge is 2.54. The number of hydrogen-bond acceptors (Lipinski definition) is 7. The second-order valence-electron chi connectivity index (χ2n) is 10.4. The molecule has 1 unspecified atom stereocenters. The predicted molar refractivity (Wildman–Crippen MR) is 153 cm³/mol. The summed E-state index contributed by atoms with van der Waals surface area (Å²) in [5.41, 5.74) is 0. The third kappa shape index (κ3) is 6.56. The molecule has 0 N–H and O–H groups in total. The fraction of sp³-hybridized carbons (Fsp3) is 0.444. The lowest BCUT2D eigenvalue weighted by Gasteiger charge is -2.50. The van der Waals surface area contributed by atoms with Gasteiger partial charge in [-0.05, 0) is 60.2 Å². The van der Waals surface area contributed by atoms with Crippen LogP contribution in [0.3, 0.4) is 0 Å². The third-order valence-corrected chi connectivity index (χ3v) is 12.8. The van der Waals surface area contributed by atoms with Crippen molar-refractivity contribution in [3.63, 3.8) is 0 Å². The van der Waals surface area contributed by atoms with Gasteiger partial charge in [-0.15, -0.1) is 0 Å². The summed E-state index contributed by atoms with van der Waals surface area (Å²) in [6.45, 7) is 16.2. The zero-order valence-electron chi connectivity index (χ0n) is 21.8. The quantitative estimate of drug-likeness (QED) is 0.123. The highest BCUT2D eigenvalue weighted by atomic mass is 32.2. The molecule has 2 aromatic carbocycles. The number of benzene rings is 2. The highest BCUT2D eigenvalue weighted by molar-refractivity contribution is 8.23. The monoisotopic (exact) mass is 545 g/mol. The molecule has 0 aliphatic carbocycles. The van der Waals surface area contributed by atoms with Gasteiger partial charge in [-0.2, -0.15) is 0 Å². The van der Waals surface area contributed by atoms with Crippen LogP contribution in [0.4, 0.5) is 0 Å². The molecule has 1 aliphatic rings. The number of ether oxygens (including phenoxy) is 2. The van der Waals surface area contributed by atoms with Gasteiger partial charge in [0.2, 0.25) is 10.3 Å². The third-order valence-electron chi connectivity index (χ3n) is 6.78. The highest BCUT2D eigenvalue weighted by Crippen LogP contribution is 2.43. The average Bonchev–Trinajstić information content (AvgIpc) is 2.79. The molecule has 1 saturated heterocycles. The van der Waals surface area contributed by atoms with Gasteiger partial charge in [0.1, 0.15) is 24.3 Å². The lowest BCUT2D eigenvalue weighted by atomic mass is 9.93. The Morgan fingerprint density at radius 2 is 1.89 bits per heavy atom. The molecule has 6 nitrogen and oxygen atoms in total. The Morgan fingerprint density at radius 3 is 2.53 bits per heavy atom. The number of amides is 1. The van der Waals surface area contributed by atoms with E-state index < -0.39 is 25.6 Å². The molecule has 2 aromatic rings. The predicted octanol–water partition coefficient (Wildman–Crippen LogP) is 6.16. The molecule has 3 atom stereocenters. The van der Waals surface area contributed by atoms with Gasteiger partial charge >= 0.3 is 5.97 Å². The summed E-state index contributed by atoms with van der Waals surface area (Å²) in [6.07, 6.45) is 1.16. The van der Waals surface area contributed by atoms with E-state index in [0.29, 0.717) is 5.75 Å². The number of fused-ring (bicyclic) bond motifs is 1. The molecule has 3 rings (SSSR count). The molecule has 194 valence electrons. The van der Waals surface area contributed by atoms with Gasteiger partial charge in [0, 0.05) is 0 Å². The smallest absolute Gasteiger partial charge is 0.325 e. The van der Waals surface area contributed by atoms with Gasteiger partial charge in [-0.3, -0.25) is 9.59 Å². The molecule has 9 heteroatoms. The zero-order chi connectivity index (χ0) is 26.7. The van der Waals surface area contributed by atoms with E-state index in [4.69, 9.17) is 26.1 Å². The van der Waals surface area contributed by atoms with Crippen molar-refractivity contribution in [2.75, 3.05) is 13.2 Å². The first-order chi connectivity index (χ1) is 16.8. The summed E-state index contributed by atoms with van der Waals surface area (Å²) in [5.74, 6) is -0.472. The lowest BCUT2D eigenvalue weighted by Crippen LogP contribution is -2.65. The fourth-order valence-corrected chi connectivity index (χ4v) is 6.74. The number of hydrogen-bond donors (Lipinski definition) is 0. The van der Waals surface area contributed by atoms with Gasteiger partial charge in [0.15, 0.2) is 8.32 Å². The number of nitrogens with zero attached hydrogens (tertiary/aromatic N) is 1. The summed E-state index contributed by atoms with van der Waals surface area (Å²) in [5, 5.41) is 1.75. The first-order valence-corrected chi connectivity index (χ1v) is 16.2. The second kappa shape index (κ2) is 11.5. The number of carbonyl (C=O) groups excluding carboxylic acids is 2. The Bertz CT molecular complexity index is 1150. The van der Waals surface area contributed by atoms with Crippen LogP contribution >= 0.6 is 24.0 Å². The number of β-lactam (4-membered cyclic amide) rings is 1. The minimum Gasteiger partial charge on any atom is -0.460 e. The molecule has 1 aliphatic heterocycles. The maximum absolute atomic E-state index is 13.2. The number of thiocarbonyl (C=S) groups is 1. The topological polar surface area (TPSA) is 65.1 Å². The van der Waals surface area contributed by atoms with Crippen molar-refractivity contribution in [2.24, 2.45) is 5.92 Å². The SMILES string of the molecule is C=CCOC(=O)CN1C(=O)[C@H](C(C)O[Si](C)(C)C(C)(C)C)[C@H]1SC(=S)Oc1ccc2ccccc2c1. The van der Waals surface area contributed by atoms with E-state index in [1.807, 2.05) is 49.4 Å². The molecule has 1 heterocycles. The van der Waals surface area contributed by atoms with Crippen LogP contribution in [0.1, 0.15) is 27.7 Å². The molecular weight excluding hydrogens is 511 g/mol. The Labute approximate surface area is 224 Å². The summed E-state index contributed by atoms with van der Waals surface area (Å²) in [6, 6.07) is 13.8. The lowest BCUT2D eigenvalue weighted by molar-refractivity contribution is -0.163. The van der Waals surface area contributed by atoms with Crippen molar-refractivity contribution >= 4 is 59.3 Å². The van der Waals surface area contributed by atoms with Crippen molar-refractivity contribution < 1.29 is 23.5 Å². The first-order valence-electron chi connectivity index (χ1n) is 12.0. The van der Waals surface area contributed by atoms with Crippen LogP contribution in [0, 0.1) is 5.92 Å². The van der Waals surface area contributed by atoms with Crippen LogP contribution in [0.15, 0.2) is 55.1 Å². The van der Waals surface area contributed by atoms with Crippen LogP contribution < -0.4 is 4.74 Å². The van der Waals surface area contributed by atoms with Gasteiger partial charge in [-0.25, -0.2) is 0 Å².